The molecule has 30 heavy (non-hydrogen) atoms. The second-order valence-corrected chi connectivity index (χ2v) is 7.84. The fraction of sp³-hybridized carbons (Fsp3) is 0.458. The minimum absolute atomic E-state index is 0. The van der Waals surface area contributed by atoms with Crippen molar-refractivity contribution in [1.82, 2.24) is 10.6 Å². The third kappa shape index (κ3) is 6.38. The summed E-state index contributed by atoms with van der Waals surface area (Å²) in [6.45, 7) is 4.27. The molecular formula is C24H33ClN2O3. The van der Waals surface area contributed by atoms with E-state index in [1.807, 2.05) is 48.5 Å². The molecule has 1 fully saturated rings. The van der Waals surface area contributed by atoms with E-state index in [1.165, 1.54) is 12.8 Å². The lowest BCUT2D eigenvalue weighted by Crippen LogP contribution is -2.36. The lowest BCUT2D eigenvalue weighted by atomic mass is 9.85. The molecule has 0 bridgehead atoms. The van der Waals surface area contributed by atoms with E-state index in [2.05, 4.69) is 17.6 Å². The Labute approximate surface area is 186 Å². The van der Waals surface area contributed by atoms with E-state index in [4.69, 9.17) is 9.47 Å². The number of amides is 1. The number of ether oxygens (including phenoxy) is 2. The van der Waals surface area contributed by atoms with Gasteiger partial charge in [-0.3, -0.25) is 4.79 Å². The average Bonchev–Trinajstić information content (AvgIpc) is 2.78. The van der Waals surface area contributed by atoms with Crippen LogP contribution in [0.4, 0.5) is 0 Å². The van der Waals surface area contributed by atoms with Crippen molar-refractivity contribution in [3.63, 3.8) is 0 Å². The number of rotatable bonds is 8. The Bertz CT molecular complexity index is 761. The number of benzene rings is 2. The van der Waals surface area contributed by atoms with Gasteiger partial charge in [-0.2, -0.15) is 0 Å². The number of carbonyl (C=O) groups is 1. The number of methoxy groups -OCH3 is 2. The van der Waals surface area contributed by atoms with Crippen LogP contribution in [0.25, 0.3) is 0 Å². The highest BCUT2D eigenvalue weighted by Gasteiger charge is 2.24. The van der Waals surface area contributed by atoms with Crippen molar-refractivity contribution in [2.75, 3.05) is 27.3 Å². The Kier molecular flexibility index (Phi) is 9.47. The number of hydrogen-bond donors (Lipinski definition) is 2. The Morgan fingerprint density at radius 1 is 1.10 bits per heavy atom. The lowest BCUT2D eigenvalue weighted by molar-refractivity contribution is -0.122. The van der Waals surface area contributed by atoms with Crippen LogP contribution in [0, 0.1) is 11.8 Å². The first-order valence-corrected chi connectivity index (χ1v) is 10.4. The molecule has 5 nitrogen and oxygen atoms in total. The zero-order valence-electron chi connectivity index (χ0n) is 18.0. The monoisotopic (exact) mass is 432 g/mol. The zero-order valence-corrected chi connectivity index (χ0v) is 18.8. The van der Waals surface area contributed by atoms with Gasteiger partial charge >= 0.3 is 0 Å². The number of nitrogens with one attached hydrogen (secondary N) is 2. The van der Waals surface area contributed by atoms with Crippen LogP contribution in [0.1, 0.15) is 43.4 Å². The standard InChI is InChI=1S/C24H32N2O3.ClH/c1-17(20-9-6-12-25-16-20)13-23(27)26-24(18-7-4-10-21(14-18)28-2)19-8-5-11-22(15-19)29-3;/h4-5,7-8,10-11,14-15,17,20,24-25H,6,9,12-13,16H2,1-3H3,(H,26,27);1H. The fourth-order valence-electron chi connectivity index (χ4n) is 4.04. The van der Waals surface area contributed by atoms with Gasteiger partial charge in [0.25, 0.3) is 0 Å². The summed E-state index contributed by atoms with van der Waals surface area (Å²) in [6.07, 6.45) is 2.90. The normalized spacial score (nSPS) is 17.0. The predicted molar refractivity (Wildman–Crippen MR) is 123 cm³/mol. The molecule has 2 aromatic carbocycles. The van der Waals surface area contributed by atoms with Gasteiger partial charge in [-0.25, -0.2) is 0 Å². The SMILES string of the molecule is COc1cccc(C(NC(=O)CC(C)C2CCCNC2)c2cccc(OC)c2)c1.Cl. The first kappa shape index (κ1) is 24.0. The molecule has 1 aliphatic heterocycles. The van der Waals surface area contributed by atoms with Crippen LogP contribution in [0.5, 0.6) is 11.5 Å². The second-order valence-electron chi connectivity index (χ2n) is 7.84. The van der Waals surface area contributed by atoms with E-state index >= 15 is 0 Å². The van der Waals surface area contributed by atoms with Crippen molar-refractivity contribution in [2.24, 2.45) is 11.8 Å². The molecule has 2 atom stereocenters. The van der Waals surface area contributed by atoms with Crippen LogP contribution in [0.3, 0.4) is 0 Å². The minimum atomic E-state index is -0.260. The van der Waals surface area contributed by atoms with Crippen LogP contribution in [0.15, 0.2) is 48.5 Å². The van der Waals surface area contributed by atoms with E-state index in [1.54, 1.807) is 14.2 Å². The number of hydrogen-bond acceptors (Lipinski definition) is 4. The first-order chi connectivity index (χ1) is 14.1. The van der Waals surface area contributed by atoms with Crippen molar-refractivity contribution in [3.05, 3.63) is 59.7 Å². The molecule has 0 saturated carbocycles. The van der Waals surface area contributed by atoms with Gasteiger partial charge in [0.2, 0.25) is 5.91 Å². The van der Waals surface area contributed by atoms with Gasteiger partial charge in [0.1, 0.15) is 11.5 Å². The molecule has 6 heteroatoms. The number of piperidine rings is 1. The fourth-order valence-corrected chi connectivity index (χ4v) is 4.04. The largest absolute Gasteiger partial charge is 0.497 e. The first-order valence-electron chi connectivity index (χ1n) is 10.4. The molecule has 1 heterocycles. The summed E-state index contributed by atoms with van der Waals surface area (Å²) < 4.78 is 10.8. The number of halogens is 1. The Morgan fingerprint density at radius 3 is 2.20 bits per heavy atom. The molecule has 2 aromatic rings. The van der Waals surface area contributed by atoms with Gasteiger partial charge in [0.05, 0.1) is 20.3 Å². The molecule has 164 valence electrons. The van der Waals surface area contributed by atoms with Crippen LogP contribution >= 0.6 is 12.4 Å². The van der Waals surface area contributed by atoms with Crippen LogP contribution in [-0.4, -0.2) is 33.2 Å². The molecule has 1 aliphatic rings. The zero-order chi connectivity index (χ0) is 20.6. The maximum atomic E-state index is 13.0. The van der Waals surface area contributed by atoms with E-state index in [-0.39, 0.29) is 24.4 Å². The minimum Gasteiger partial charge on any atom is -0.497 e. The second kappa shape index (κ2) is 11.8. The molecule has 0 spiro atoms. The Hall–Kier alpha value is -2.24. The maximum absolute atomic E-state index is 13.0. The van der Waals surface area contributed by atoms with Crippen molar-refractivity contribution < 1.29 is 14.3 Å². The van der Waals surface area contributed by atoms with E-state index in [0.29, 0.717) is 18.3 Å². The number of carbonyl (C=O) groups excluding carboxylic acids is 1. The van der Waals surface area contributed by atoms with Crippen molar-refractivity contribution in [2.45, 2.75) is 32.2 Å². The highest BCUT2D eigenvalue weighted by atomic mass is 35.5. The summed E-state index contributed by atoms with van der Waals surface area (Å²) in [4.78, 5) is 13.0. The summed E-state index contributed by atoms with van der Waals surface area (Å²) in [5.74, 6) is 2.51. The van der Waals surface area contributed by atoms with Gasteiger partial charge in [0, 0.05) is 6.42 Å². The van der Waals surface area contributed by atoms with Crippen LogP contribution < -0.4 is 20.1 Å². The Balaban J connectivity index is 0.00000320. The van der Waals surface area contributed by atoms with E-state index in [9.17, 15) is 4.79 Å². The lowest BCUT2D eigenvalue weighted by Gasteiger charge is -2.29. The predicted octanol–water partition coefficient (Wildman–Crippen LogP) is 4.36. The maximum Gasteiger partial charge on any atom is 0.221 e. The average molecular weight is 433 g/mol. The van der Waals surface area contributed by atoms with E-state index in [0.717, 1.165) is 35.7 Å². The third-order valence-electron chi connectivity index (χ3n) is 5.81. The van der Waals surface area contributed by atoms with Gasteiger partial charge in [-0.1, -0.05) is 31.2 Å². The van der Waals surface area contributed by atoms with Crippen molar-refractivity contribution >= 4 is 18.3 Å². The van der Waals surface area contributed by atoms with Gasteiger partial charge in [0.15, 0.2) is 0 Å². The van der Waals surface area contributed by atoms with Crippen molar-refractivity contribution in [3.8, 4) is 11.5 Å². The molecule has 1 amide bonds. The summed E-state index contributed by atoms with van der Waals surface area (Å²) in [5, 5.41) is 6.70. The molecule has 2 N–H and O–H groups in total. The van der Waals surface area contributed by atoms with Gasteiger partial charge in [-0.05, 0) is 73.2 Å². The van der Waals surface area contributed by atoms with Gasteiger partial charge < -0.3 is 20.1 Å². The molecule has 0 radical (unpaired) electrons. The molecule has 2 unspecified atom stereocenters. The smallest absolute Gasteiger partial charge is 0.221 e. The highest BCUT2D eigenvalue weighted by Crippen LogP contribution is 2.29. The summed E-state index contributed by atoms with van der Waals surface area (Å²) in [6, 6.07) is 15.4. The molecule has 0 aromatic heterocycles. The molecular weight excluding hydrogens is 400 g/mol. The van der Waals surface area contributed by atoms with E-state index < -0.39 is 0 Å². The summed E-state index contributed by atoms with van der Waals surface area (Å²) in [7, 11) is 3.30. The van der Waals surface area contributed by atoms with Crippen LogP contribution in [0.2, 0.25) is 0 Å². The summed E-state index contributed by atoms with van der Waals surface area (Å²) in [5.41, 5.74) is 1.97. The quantitative estimate of drug-likeness (QED) is 0.650. The summed E-state index contributed by atoms with van der Waals surface area (Å²) >= 11 is 0. The highest BCUT2D eigenvalue weighted by molar-refractivity contribution is 5.85. The topological polar surface area (TPSA) is 59.6 Å². The van der Waals surface area contributed by atoms with Crippen molar-refractivity contribution in [1.29, 1.82) is 0 Å². The van der Waals surface area contributed by atoms with Gasteiger partial charge in [-0.15, -0.1) is 12.4 Å². The molecule has 3 rings (SSSR count). The Morgan fingerprint density at radius 2 is 1.70 bits per heavy atom. The third-order valence-corrected chi connectivity index (χ3v) is 5.81. The molecule has 0 aliphatic carbocycles. The molecule has 1 saturated heterocycles. The van der Waals surface area contributed by atoms with Crippen LogP contribution in [-0.2, 0) is 4.79 Å².